The number of hydrogen-bond donors (Lipinski definition) is 1. The molecule has 0 amide bonds. The van der Waals surface area contributed by atoms with Gasteiger partial charge in [0.1, 0.15) is 0 Å². The van der Waals surface area contributed by atoms with Crippen LogP contribution in [0.5, 0.6) is 0 Å². The number of hydrogen-bond acceptors (Lipinski definition) is 2. The molecule has 4 nitrogen and oxygen atoms in total. The Morgan fingerprint density at radius 3 is 1.89 bits per heavy atom. The topological polar surface area (TPSA) is 46.1 Å². The molecular formula is C52H38N4. The van der Waals surface area contributed by atoms with Crippen LogP contribution in [0.25, 0.3) is 66.7 Å². The zero-order valence-corrected chi connectivity index (χ0v) is 30.8. The lowest BCUT2D eigenvalue weighted by Gasteiger charge is -2.19. The van der Waals surface area contributed by atoms with Crippen LogP contribution in [0.1, 0.15) is 28.3 Å². The number of fused-ring (bicyclic) bond motifs is 6. The Balaban J connectivity index is 0.953. The summed E-state index contributed by atoms with van der Waals surface area (Å²) in [4.78, 5) is 4.75. The highest BCUT2D eigenvalue weighted by Gasteiger charge is 2.23. The van der Waals surface area contributed by atoms with Crippen LogP contribution in [-0.4, -0.2) is 21.2 Å². The first-order valence-electron chi connectivity index (χ1n) is 19.1. The monoisotopic (exact) mass is 718 g/mol. The van der Waals surface area contributed by atoms with E-state index < -0.39 is 0 Å². The van der Waals surface area contributed by atoms with Gasteiger partial charge < -0.3 is 14.5 Å². The van der Waals surface area contributed by atoms with Crippen LogP contribution < -0.4 is 0 Å². The van der Waals surface area contributed by atoms with E-state index in [0.717, 1.165) is 45.4 Å². The van der Waals surface area contributed by atoms with Crippen molar-refractivity contribution in [3.05, 3.63) is 217 Å². The zero-order valence-electron chi connectivity index (χ0n) is 30.8. The third-order valence-electron chi connectivity index (χ3n) is 11.1. The molecule has 2 aromatic heterocycles. The number of nitrogens with zero attached hydrogens (tertiary/aromatic N) is 3. The van der Waals surface area contributed by atoms with Gasteiger partial charge in [-0.05, 0) is 107 Å². The highest BCUT2D eigenvalue weighted by Crippen LogP contribution is 2.39. The van der Waals surface area contributed by atoms with Gasteiger partial charge in [-0.15, -0.1) is 0 Å². The van der Waals surface area contributed by atoms with Gasteiger partial charge in [-0.2, -0.15) is 0 Å². The van der Waals surface area contributed by atoms with Crippen molar-refractivity contribution in [3.8, 4) is 27.9 Å². The van der Waals surface area contributed by atoms with Gasteiger partial charge in [0.2, 0.25) is 0 Å². The van der Waals surface area contributed by atoms with Crippen molar-refractivity contribution in [3.63, 3.8) is 0 Å². The summed E-state index contributed by atoms with van der Waals surface area (Å²) in [5, 5.41) is 12.8. The van der Waals surface area contributed by atoms with E-state index >= 15 is 0 Å². The summed E-state index contributed by atoms with van der Waals surface area (Å²) < 4.78 is 4.56. The molecule has 7 aromatic carbocycles. The van der Waals surface area contributed by atoms with Crippen LogP contribution in [0.3, 0.4) is 0 Å². The Morgan fingerprint density at radius 1 is 0.571 bits per heavy atom. The number of para-hydroxylation sites is 3. The Kier molecular flexibility index (Phi) is 8.42. The van der Waals surface area contributed by atoms with E-state index in [1.165, 1.54) is 44.0 Å². The number of aromatic nitrogens is 2. The molecule has 1 unspecified atom stereocenters. The first-order chi connectivity index (χ1) is 27.7. The molecule has 1 N–H and O–H groups in total. The highest BCUT2D eigenvalue weighted by atomic mass is 15.0. The normalized spacial score (nSPS) is 14.0. The molecule has 1 aliphatic rings. The van der Waals surface area contributed by atoms with Gasteiger partial charge >= 0.3 is 0 Å². The van der Waals surface area contributed by atoms with E-state index in [0.29, 0.717) is 5.71 Å². The summed E-state index contributed by atoms with van der Waals surface area (Å²) >= 11 is 0. The second-order valence-corrected chi connectivity index (χ2v) is 14.4. The van der Waals surface area contributed by atoms with Crippen LogP contribution in [0.4, 0.5) is 0 Å². The second-order valence-electron chi connectivity index (χ2n) is 14.4. The molecule has 0 aliphatic heterocycles. The molecule has 56 heavy (non-hydrogen) atoms. The average Bonchev–Trinajstić information content (AvgIpc) is 3.77. The van der Waals surface area contributed by atoms with E-state index in [9.17, 15) is 0 Å². The molecule has 0 radical (unpaired) electrons. The van der Waals surface area contributed by atoms with E-state index in [-0.39, 0.29) is 5.92 Å². The lowest BCUT2D eigenvalue weighted by Crippen LogP contribution is -2.07. The number of aliphatic imine (C=N–C) groups is 1. The third-order valence-corrected chi connectivity index (χ3v) is 11.1. The van der Waals surface area contributed by atoms with Crippen molar-refractivity contribution in [1.29, 1.82) is 5.41 Å². The maximum absolute atomic E-state index is 9.05. The molecule has 0 saturated heterocycles. The smallest absolute Gasteiger partial charge is 0.0995 e. The summed E-state index contributed by atoms with van der Waals surface area (Å²) in [5.41, 5.74) is 14.2. The van der Waals surface area contributed by atoms with Crippen LogP contribution in [0, 0.1) is 5.41 Å². The maximum Gasteiger partial charge on any atom is 0.0995 e. The Bertz CT molecular complexity index is 2940. The van der Waals surface area contributed by atoms with Crippen molar-refractivity contribution >= 4 is 50.8 Å². The predicted octanol–water partition coefficient (Wildman–Crippen LogP) is 12.9. The quantitative estimate of drug-likeness (QED) is 0.120. The molecule has 0 spiro atoms. The van der Waals surface area contributed by atoms with Crippen molar-refractivity contribution in [2.24, 2.45) is 4.99 Å². The maximum atomic E-state index is 9.05. The van der Waals surface area contributed by atoms with Crippen molar-refractivity contribution in [2.45, 2.75) is 12.3 Å². The Hall–Kier alpha value is -7.30. The number of rotatable bonds is 8. The average molecular weight is 719 g/mol. The molecule has 2 heterocycles. The minimum absolute atomic E-state index is 0.245. The van der Waals surface area contributed by atoms with Crippen LogP contribution >= 0.6 is 0 Å². The SMILES string of the molecule is N=C(/C=C\N=C\n1c2c(c3ccccc31)CC(c1ccc3c(c1)c1ccccc1n3-c1ccccc1)C=C2)c1cc(-c2ccccc2)cc(-c2ccccc2)c1. The molecule has 0 fully saturated rings. The minimum atomic E-state index is 0.245. The fourth-order valence-corrected chi connectivity index (χ4v) is 8.37. The molecule has 10 rings (SSSR count). The fourth-order valence-electron chi connectivity index (χ4n) is 8.37. The second kappa shape index (κ2) is 14.2. The molecule has 0 bridgehead atoms. The standard InChI is InChI=1S/C52H38N4/c53-48(42-31-40(36-14-4-1-5-15-36)30-41(32-42)37-16-6-2-7-17-37)28-29-54-35-55-49-22-12-10-20-44(49)46-33-38(24-26-50(46)55)39-25-27-52-47(34-39)45-21-11-13-23-51(45)56(52)43-18-8-3-9-19-43/h1-32,34-35,38,53H,33H2/b29-28-,53-48?,54-35+. The zero-order chi connectivity index (χ0) is 37.4. The lowest BCUT2D eigenvalue weighted by atomic mass is 9.86. The fraction of sp³-hybridized carbons (Fsp3) is 0.0385. The van der Waals surface area contributed by atoms with Gasteiger partial charge in [-0.25, -0.2) is 4.99 Å². The van der Waals surface area contributed by atoms with E-state index in [1.807, 2.05) is 18.5 Å². The van der Waals surface area contributed by atoms with E-state index in [4.69, 9.17) is 10.4 Å². The van der Waals surface area contributed by atoms with Crippen molar-refractivity contribution < 1.29 is 0 Å². The molecule has 1 atom stereocenters. The van der Waals surface area contributed by atoms with Gasteiger partial charge in [-0.1, -0.05) is 127 Å². The Morgan fingerprint density at radius 2 is 1.18 bits per heavy atom. The molecule has 1 aliphatic carbocycles. The first-order valence-corrected chi connectivity index (χ1v) is 19.1. The first kappa shape index (κ1) is 33.3. The van der Waals surface area contributed by atoms with E-state index in [1.54, 1.807) is 12.3 Å². The number of benzene rings is 7. The van der Waals surface area contributed by atoms with Gasteiger partial charge in [0.25, 0.3) is 0 Å². The summed E-state index contributed by atoms with van der Waals surface area (Å²) in [6.07, 6.45) is 10.9. The van der Waals surface area contributed by atoms with Gasteiger partial charge in [0.05, 0.1) is 34.3 Å². The van der Waals surface area contributed by atoms with Crippen molar-refractivity contribution in [2.75, 3.05) is 0 Å². The summed E-state index contributed by atoms with van der Waals surface area (Å²) in [6.45, 7) is 0. The predicted molar refractivity (Wildman–Crippen MR) is 235 cm³/mol. The van der Waals surface area contributed by atoms with Crippen LogP contribution in [0.2, 0.25) is 0 Å². The third kappa shape index (κ3) is 5.98. The van der Waals surface area contributed by atoms with Gasteiger partial charge in [0.15, 0.2) is 0 Å². The van der Waals surface area contributed by atoms with E-state index in [2.05, 4.69) is 185 Å². The molecule has 4 heteroatoms. The van der Waals surface area contributed by atoms with Crippen LogP contribution in [-0.2, 0) is 6.42 Å². The number of allylic oxidation sites excluding steroid dienone is 2. The molecule has 9 aromatic rings. The lowest BCUT2D eigenvalue weighted by molar-refractivity contribution is 0.829. The summed E-state index contributed by atoms with van der Waals surface area (Å²) in [7, 11) is 0. The summed E-state index contributed by atoms with van der Waals surface area (Å²) in [6, 6.07) is 62.0. The molecule has 266 valence electrons. The molecule has 0 saturated carbocycles. The van der Waals surface area contributed by atoms with Gasteiger partial charge in [-0.3, -0.25) is 0 Å². The number of nitrogens with one attached hydrogen (secondary N) is 1. The minimum Gasteiger partial charge on any atom is -0.309 e. The Labute approximate surface area is 326 Å². The van der Waals surface area contributed by atoms with Crippen LogP contribution in [0.15, 0.2) is 199 Å². The van der Waals surface area contributed by atoms with Gasteiger partial charge in [0, 0.05) is 39.5 Å². The largest absolute Gasteiger partial charge is 0.309 e. The highest BCUT2D eigenvalue weighted by molar-refractivity contribution is 6.10. The van der Waals surface area contributed by atoms with Crippen molar-refractivity contribution in [1.82, 2.24) is 9.13 Å². The molecular weight excluding hydrogens is 681 g/mol. The summed E-state index contributed by atoms with van der Waals surface area (Å²) in [5.74, 6) is 0.245.